The maximum Gasteiger partial charge on any atom is 0.337 e. The van der Waals surface area contributed by atoms with Crippen molar-refractivity contribution in [1.82, 2.24) is 16.2 Å². The van der Waals surface area contributed by atoms with E-state index in [9.17, 15) is 9.59 Å². The van der Waals surface area contributed by atoms with Gasteiger partial charge in [0.1, 0.15) is 0 Å². The Morgan fingerprint density at radius 3 is 2.36 bits per heavy atom. The normalized spacial score (nSPS) is 10.4. The number of para-hydroxylation sites is 1. The van der Waals surface area contributed by atoms with Gasteiger partial charge in [-0.25, -0.2) is 10.2 Å². The molecule has 0 saturated heterocycles. The molecule has 3 amide bonds. The molecule has 3 rings (SSSR count). The van der Waals surface area contributed by atoms with Crippen molar-refractivity contribution in [2.24, 2.45) is 0 Å². The van der Waals surface area contributed by atoms with Crippen LogP contribution in [0.4, 0.5) is 10.5 Å². The highest BCUT2D eigenvalue weighted by atomic mass is 32.1. The zero-order valence-electron chi connectivity index (χ0n) is 14.8. The zero-order chi connectivity index (χ0) is 19.8. The summed E-state index contributed by atoms with van der Waals surface area (Å²) in [5, 5.41) is 7.21. The first-order chi connectivity index (χ1) is 13.6. The molecule has 0 radical (unpaired) electrons. The van der Waals surface area contributed by atoms with Gasteiger partial charge in [-0.1, -0.05) is 60.7 Å². The molecule has 0 aliphatic rings. The van der Waals surface area contributed by atoms with E-state index in [-0.39, 0.29) is 5.11 Å². The third kappa shape index (κ3) is 5.39. The van der Waals surface area contributed by atoms with Gasteiger partial charge in [0.2, 0.25) is 5.91 Å². The van der Waals surface area contributed by atoms with Crippen LogP contribution in [0.1, 0.15) is 5.56 Å². The number of benzene rings is 3. The lowest BCUT2D eigenvalue weighted by molar-refractivity contribution is -0.115. The lowest BCUT2D eigenvalue weighted by Crippen LogP contribution is -2.49. The zero-order valence-corrected chi connectivity index (χ0v) is 15.6. The monoisotopic (exact) mass is 390 g/mol. The lowest BCUT2D eigenvalue weighted by Gasteiger charge is -2.10. The average molecular weight is 390 g/mol. The largest absolute Gasteiger partial charge is 0.337 e. The molecule has 0 saturated carbocycles. The van der Waals surface area contributed by atoms with Crippen molar-refractivity contribution in [2.45, 2.75) is 0 Å². The Kier molecular flexibility index (Phi) is 6.33. The Morgan fingerprint density at radius 2 is 1.54 bits per heavy atom. The van der Waals surface area contributed by atoms with E-state index in [0.29, 0.717) is 5.69 Å². The third-order valence-electron chi connectivity index (χ3n) is 3.80. The lowest BCUT2D eigenvalue weighted by atomic mass is 10.0. The maximum absolute atomic E-state index is 12.0. The number of urea groups is 1. The van der Waals surface area contributed by atoms with Crippen molar-refractivity contribution in [2.75, 3.05) is 5.32 Å². The smallest absolute Gasteiger partial charge is 0.307 e. The molecule has 0 spiro atoms. The summed E-state index contributed by atoms with van der Waals surface area (Å²) in [5.41, 5.74) is 6.38. The molecule has 0 aromatic heterocycles. The van der Waals surface area contributed by atoms with Crippen molar-refractivity contribution in [3.8, 4) is 0 Å². The van der Waals surface area contributed by atoms with Gasteiger partial charge in [0, 0.05) is 11.8 Å². The summed E-state index contributed by atoms with van der Waals surface area (Å²) in [5.74, 6) is -0.407. The summed E-state index contributed by atoms with van der Waals surface area (Å²) in [6.07, 6.45) is 3.11. The second-order valence-electron chi connectivity index (χ2n) is 5.79. The van der Waals surface area contributed by atoms with Gasteiger partial charge in [-0.05, 0) is 46.8 Å². The molecule has 4 N–H and O–H groups in total. The number of amides is 3. The van der Waals surface area contributed by atoms with Gasteiger partial charge in [-0.15, -0.1) is 0 Å². The van der Waals surface area contributed by atoms with E-state index in [2.05, 4.69) is 21.5 Å². The van der Waals surface area contributed by atoms with Crippen LogP contribution in [-0.2, 0) is 4.79 Å². The summed E-state index contributed by atoms with van der Waals surface area (Å²) < 4.78 is 0. The molecule has 0 unspecified atom stereocenters. The first-order valence-corrected chi connectivity index (χ1v) is 8.91. The molecule has 28 heavy (non-hydrogen) atoms. The Hall–Kier alpha value is -3.71. The van der Waals surface area contributed by atoms with Gasteiger partial charge >= 0.3 is 6.03 Å². The van der Waals surface area contributed by atoms with E-state index in [1.165, 1.54) is 6.08 Å². The average Bonchev–Trinajstić information content (AvgIpc) is 2.71. The summed E-state index contributed by atoms with van der Waals surface area (Å²) >= 11 is 5.00. The van der Waals surface area contributed by atoms with Crippen LogP contribution in [0.15, 0.2) is 78.9 Å². The number of rotatable bonds is 3. The van der Waals surface area contributed by atoms with Gasteiger partial charge in [-0.2, -0.15) is 0 Å². The molecule has 3 aromatic rings. The molecule has 6 nitrogen and oxygen atoms in total. The minimum absolute atomic E-state index is 0.0178. The molecule has 0 atom stereocenters. The van der Waals surface area contributed by atoms with Crippen molar-refractivity contribution in [1.29, 1.82) is 0 Å². The third-order valence-corrected chi connectivity index (χ3v) is 4.00. The molecule has 3 aromatic carbocycles. The summed E-state index contributed by atoms with van der Waals surface area (Å²) in [4.78, 5) is 23.8. The maximum atomic E-state index is 12.0. The van der Waals surface area contributed by atoms with E-state index in [4.69, 9.17) is 12.2 Å². The number of thiocarbonyl (C=S) groups is 1. The van der Waals surface area contributed by atoms with E-state index in [1.807, 2.05) is 48.5 Å². The molecule has 0 fully saturated rings. The molecule has 0 bridgehead atoms. The van der Waals surface area contributed by atoms with Crippen LogP contribution in [0.5, 0.6) is 0 Å². The quantitative estimate of drug-likeness (QED) is 0.313. The number of hydrazine groups is 1. The number of carbonyl (C=O) groups excluding carboxylic acids is 2. The van der Waals surface area contributed by atoms with Gasteiger partial charge in [-0.3, -0.25) is 15.5 Å². The molecular weight excluding hydrogens is 372 g/mol. The van der Waals surface area contributed by atoms with Crippen LogP contribution in [0.3, 0.4) is 0 Å². The number of fused-ring (bicyclic) bond motifs is 1. The number of nitrogens with one attached hydrogen (secondary N) is 4. The van der Waals surface area contributed by atoms with Crippen LogP contribution in [0.25, 0.3) is 16.8 Å². The predicted molar refractivity (Wildman–Crippen MR) is 115 cm³/mol. The van der Waals surface area contributed by atoms with Gasteiger partial charge in [0.15, 0.2) is 5.11 Å². The Balaban J connectivity index is 1.49. The van der Waals surface area contributed by atoms with Crippen molar-refractivity contribution >= 4 is 51.8 Å². The number of anilines is 1. The second kappa shape index (κ2) is 9.29. The highest BCUT2D eigenvalue weighted by molar-refractivity contribution is 7.80. The minimum atomic E-state index is -0.505. The van der Waals surface area contributed by atoms with Gasteiger partial charge < -0.3 is 5.32 Å². The summed E-state index contributed by atoms with van der Waals surface area (Å²) in [7, 11) is 0. The van der Waals surface area contributed by atoms with Crippen molar-refractivity contribution in [3.05, 3.63) is 84.4 Å². The molecular formula is C21H18N4O2S. The topological polar surface area (TPSA) is 82.3 Å². The fourth-order valence-corrected chi connectivity index (χ4v) is 2.70. The van der Waals surface area contributed by atoms with E-state index >= 15 is 0 Å². The van der Waals surface area contributed by atoms with Crippen LogP contribution < -0.4 is 21.5 Å². The van der Waals surface area contributed by atoms with Crippen LogP contribution in [0, 0.1) is 0 Å². The van der Waals surface area contributed by atoms with Crippen LogP contribution in [-0.4, -0.2) is 17.1 Å². The van der Waals surface area contributed by atoms with Gasteiger partial charge in [0.25, 0.3) is 0 Å². The van der Waals surface area contributed by atoms with E-state index < -0.39 is 11.9 Å². The second-order valence-corrected chi connectivity index (χ2v) is 6.20. The first kappa shape index (κ1) is 19.1. The SMILES string of the molecule is O=C(/C=C/c1cccc2ccccc12)NC(=S)NNC(=O)Nc1ccccc1. The Bertz CT molecular complexity index is 1030. The van der Waals surface area contributed by atoms with E-state index in [0.717, 1.165) is 16.3 Å². The van der Waals surface area contributed by atoms with E-state index in [1.54, 1.807) is 30.3 Å². The molecule has 140 valence electrons. The molecule has 0 aliphatic heterocycles. The molecule has 7 heteroatoms. The first-order valence-electron chi connectivity index (χ1n) is 8.51. The van der Waals surface area contributed by atoms with Crippen LogP contribution >= 0.6 is 12.2 Å². The Labute approximate surface area is 167 Å². The fraction of sp³-hybridized carbons (Fsp3) is 0. The summed E-state index contributed by atoms with van der Waals surface area (Å²) in [6.45, 7) is 0. The number of hydrogen-bond acceptors (Lipinski definition) is 3. The highest BCUT2D eigenvalue weighted by Gasteiger charge is 2.04. The van der Waals surface area contributed by atoms with Crippen LogP contribution in [0.2, 0.25) is 0 Å². The predicted octanol–water partition coefficient (Wildman–Crippen LogP) is 3.58. The van der Waals surface area contributed by atoms with Crippen molar-refractivity contribution < 1.29 is 9.59 Å². The highest BCUT2D eigenvalue weighted by Crippen LogP contribution is 2.19. The van der Waals surface area contributed by atoms with Gasteiger partial charge in [0.05, 0.1) is 0 Å². The Morgan fingerprint density at radius 1 is 0.821 bits per heavy atom. The number of carbonyl (C=O) groups is 2. The molecule has 0 aliphatic carbocycles. The summed E-state index contributed by atoms with van der Waals surface area (Å²) in [6, 6.07) is 22.2. The fourth-order valence-electron chi connectivity index (χ4n) is 2.54. The molecule has 0 heterocycles. The number of hydrogen-bond donors (Lipinski definition) is 4. The minimum Gasteiger partial charge on any atom is -0.307 e. The standard InChI is InChI=1S/C21H18N4O2S/c26-19(14-13-16-9-6-8-15-7-4-5-12-18(15)16)23-21(28)25-24-20(27)22-17-10-2-1-3-11-17/h1-14H,(H2,22,24,27)(H2,23,25,26,28)/b14-13+. The van der Waals surface area contributed by atoms with Crippen molar-refractivity contribution in [3.63, 3.8) is 0 Å².